The van der Waals surface area contributed by atoms with Crippen LogP contribution in [0.4, 0.5) is 0 Å². The Labute approximate surface area is 155 Å². The first-order valence-corrected chi connectivity index (χ1v) is 9.74. The fourth-order valence-electron chi connectivity index (χ4n) is 4.36. The third kappa shape index (κ3) is 3.28. The van der Waals surface area contributed by atoms with Gasteiger partial charge in [-0.3, -0.25) is 9.89 Å². The Balaban J connectivity index is 1.57. The highest BCUT2D eigenvalue weighted by molar-refractivity contribution is 5.94. The van der Waals surface area contributed by atoms with Gasteiger partial charge in [-0.05, 0) is 63.7 Å². The minimum atomic E-state index is 0.103. The van der Waals surface area contributed by atoms with Crippen molar-refractivity contribution in [3.63, 3.8) is 0 Å². The number of aryl methyl sites for hydroxylation is 1. The molecule has 5 nitrogen and oxygen atoms in total. The van der Waals surface area contributed by atoms with E-state index in [2.05, 4.69) is 58.4 Å². The summed E-state index contributed by atoms with van der Waals surface area (Å²) in [7, 11) is 4.16. The van der Waals surface area contributed by atoms with Crippen LogP contribution in [-0.2, 0) is 19.4 Å². The quantitative estimate of drug-likeness (QED) is 0.918. The number of carbonyl (C=O) groups is 1. The first-order chi connectivity index (χ1) is 12.6. The highest BCUT2D eigenvalue weighted by atomic mass is 16.2. The number of nitrogens with zero attached hydrogens (tertiary/aromatic N) is 3. The molecule has 1 fully saturated rings. The van der Waals surface area contributed by atoms with Crippen molar-refractivity contribution in [2.75, 3.05) is 20.6 Å². The summed E-state index contributed by atoms with van der Waals surface area (Å²) in [6.07, 6.45) is 6.41. The van der Waals surface area contributed by atoms with Crippen LogP contribution in [0, 0.1) is 0 Å². The Hall–Kier alpha value is -2.14. The van der Waals surface area contributed by atoms with Crippen molar-refractivity contribution in [2.24, 2.45) is 0 Å². The van der Waals surface area contributed by atoms with Gasteiger partial charge in [0.05, 0.1) is 6.04 Å². The van der Waals surface area contributed by atoms with Gasteiger partial charge < -0.3 is 9.80 Å². The van der Waals surface area contributed by atoms with Gasteiger partial charge in [-0.25, -0.2) is 0 Å². The second-order valence-electron chi connectivity index (χ2n) is 7.87. The molecule has 2 aliphatic rings. The number of carbonyl (C=O) groups excluding carboxylic acids is 1. The molecule has 1 N–H and O–H groups in total. The summed E-state index contributed by atoms with van der Waals surface area (Å²) in [6, 6.07) is 8.95. The second kappa shape index (κ2) is 7.23. The van der Waals surface area contributed by atoms with E-state index in [0.29, 0.717) is 5.69 Å². The van der Waals surface area contributed by atoms with E-state index in [1.165, 1.54) is 17.5 Å². The topological polar surface area (TPSA) is 52.2 Å². The molecule has 4 rings (SSSR count). The molecule has 1 aromatic heterocycles. The Morgan fingerprint density at radius 1 is 1.19 bits per heavy atom. The SMILES string of the molecule is CN(C)Cc1ccc([C@@H]2CCCCN2C(=O)c2n[nH]c3c2CCC3)cc1. The van der Waals surface area contributed by atoms with Gasteiger partial charge in [0.1, 0.15) is 0 Å². The van der Waals surface area contributed by atoms with Crippen LogP contribution in [-0.4, -0.2) is 46.5 Å². The number of piperidine rings is 1. The van der Waals surface area contributed by atoms with E-state index < -0.39 is 0 Å². The zero-order chi connectivity index (χ0) is 18.1. The van der Waals surface area contributed by atoms with Gasteiger partial charge in [-0.15, -0.1) is 0 Å². The van der Waals surface area contributed by atoms with Gasteiger partial charge in [0.15, 0.2) is 5.69 Å². The van der Waals surface area contributed by atoms with Crippen molar-refractivity contribution < 1.29 is 4.79 Å². The average molecular weight is 352 g/mol. The average Bonchev–Trinajstić information content (AvgIpc) is 3.25. The zero-order valence-electron chi connectivity index (χ0n) is 15.8. The lowest BCUT2D eigenvalue weighted by atomic mass is 9.94. The standard InChI is InChI=1S/C21H28N4O/c1-24(2)14-15-9-11-16(12-10-15)19-8-3-4-13-25(19)21(26)20-17-6-5-7-18(17)22-23-20/h9-12,19H,3-8,13-14H2,1-2H3,(H,22,23)/t19-/m0/s1. The predicted octanol–water partition coefficient (Wildman–Crippen LogP) is 3.33. The summed E-state index contributed by atoms with van der Waals surface area (Å²) in [4.78, 5) is 17.5. The number of benzene rings is 1. The van der Waals surface area contributed by atoms with Crippen molar-refractivity contribution in [3.8, 4) is 0 Å². The van der Waals surface area contributed by atoms with E-state index in [0.717, 1.165) is 56.5 Å². The minimum absolute atomic E-state index is 0.103. The first kappa shape index (κ1) is 17.3. The molecule has 26 heavy (non-hydrogen) atoms. The summed E-state index contributed by atoms with van der Waals surface area (Å²) < 4.78 is 0. The van der Waals surface area contributed by atoms with E-state index in [-0.39, 0.29) is 11.9 Å². The fourth-order valence-corrected chi connectivity index (χ4v) is 4.36. The summed E-state index contributed by atoms with van der Waals surface area (Å²) in [5, 5.41) is 7.45. The smallest absolute Gasteiger partial charge is 0.275 e. The molecule has 1 atom stereocenters. The predicted molar refractivity (Wildman–Crippen MR) is 102 cm³/mol. The first-order valence-electron chi connectivity index (χ1n) is 9.74. The Bertz CT molecular complexity index is 778. The molecule has 5 heteroatoms. The summed E-state index contributed by atoms with van der Waals surface area (Å²) in [5.74, 6) is 0.103. The molecule has 1 aliphatic heterocycles. The van der Waals surface area contributed by atoms with Crippen molar-refractivity contribution in [3.05, 3.63) is 52.3 Å². The number of hydrogen-bond acceptors (Lipinski definition) is 3. The molecule has 0 radical (unpaired) electrons. The van der Waals surface area contributed by atoms with Crippen LogP contribution >= 0.6 is 0 Å². The van der Waals surface area contributed by atoms with Crippen molar-refractivity contribution in [1.82, 2.24) is 20.0 Å². The number of hydrogen-bond donors (Lipinski definition) is 1. The van der Waals surface area contributed by atoms with Gasteiger partial charge >= 0.3 is 0 Å². The summed E-state index contributed by atoms with van der Waals surface area (Å²) in [5.41, 5.74) is 5.52. The van der Waals surface area contributed by atoms with Crippen LogP contribution in [0.15, 0.2) is 24.3 Å². The molecule has 1 amide bonds. The maximum atomic E-state index is 13.3. The molecule has 138 valence electrons. The molecular formula is C21H28N4O. The van der Waals surface area contributed by atoms with Crippen LogP contribution in [0.2, 0.25) is 0 Å². The van der Waals surface area contributed by atoms with E-state index >= 15 is 0 Å². The Morgan fingerprint density at radius 3 is 2.77 bits per heavy atom. The highest BCUT2D eigenvalue weighted by Gasteiger charge is 2.32. The maximum Gasteiger partial charge on any atom is 0.275 e. The number of amides is 1. The molecule has 1 saturated heterocycles. The zero-order valence-corrected chi connectivity index (χ0v) is 15.8. The monoisotopic (exact) mass is 352 g/mol. The summed E-state index contributed by atoms with van der Waals surface area (Å²) in [6.45, 7) is 1.76. The summed E-state index contributed by atoms with van der Waals surface area (Å²) >= 11 is 0. The number of H-pyrrole nitrogens is 1. The number of aromatic nitrogens is 2. The molecule has 2 heterocycles. The van der Waals surface area contributed by atoms with E-state index in [1.54, 1.807) is 0 Å². The molecule has 1 aliphatic carbocycles. The Kier molecular flexibility index (Phi) is 4.81. The Morgan fingerprint density at radius 2 is 2.00 bits per heavy atom. The van der Waals surface area contributed by atoms with Gasteiger partial charge in [0.2, 0.25) is 0 Å². The van der Waals surface area contributed by atoms with Crippen LogP contribution in [0.1, 0.15) is 64.6 Å². The minimum Gasteiger partial charge on any atom is -0.330 e. The van der Waals surface area contributed by atoms with Crippen molar-refractivity contribution in [2.45, 2.75) is 51.1 Å². The molecule has 0 spiro atoms. The molecule has 0 bridgehead atoms. The van der Waals surface area contributed by atoms with Gasteiger partial charge in [-0.2, -0.15) is 5.10 Å². The lowest BCUT2D eigenvalue weighted by molar-refractivity contribution is 0.0604. The number of aromatic amines is 1. The van der Waals surface area contributed by atoms with Crippen molar-refractivity contribution >= 4 is 5.91 Å². The molecule has 2 aromatic rings. The third-order valence-corrected chi connectivity index (χ3v) is 5.64. The largest absolute Gasteiger partial charge is 0.330 e. The van der Waals surface area contributed by atoms with Crippen LogP contribution in [0.5, 0.6) is 0 Å². The molecule has 0 saturated carbocycles. The van der Waals surface area contributed by atoms with E-state index in [1.807, 2.05) is 0 Å². The van der Waals surface area contributed by atoms with E-state index in [9.17, 15) is 4.79 Å². The molecule has 0 unspecified atom stereocenters. The number of likely N-dealkylation sites (tertiary alicyclic amines) is 1. The van der Waals surface area contributed by atoms with Crippen LogP contribution in [0.3, 0.4) is 0 Å². The number of rotatable bonds is 4. The third-order valence-electron chi connectivity index (χ3n) is 5.64. The van der Waals surface area contributed by atoms with Crippen LogP contribution in [0.25, 0.3) is 0 Å². The van der Waals surface area contributed by atoms with Gasteiger partial charge in [0, 0.05) is 24.3 Å². The van der Waals surface area contributed by atoms with Gasteiger partial charge in [0.25, 0.3) is 5.91 Å². The highest BCUT2D eigenvalue weighted by Crippen LogP contribution is 2.33. The van der Waals surface area contributed by atoms with Gasteiger partial charge in [-0.1, -0.05) is 24.3 Å². The van der Waals surface area contributed by atoms with E-state index in [4.69, 9.17) is 0 Å². The van der Waals surface area contributed by atoms with Crippen molar-refractivity contribution in [1.29, 1.82) is 0 Å². The second-order valence-corrected chi connectivity index (χ2v) is 7.87. The maximum absolute atomic E-state index is 13.3. The number of fused-ring (bicyclic) bond motifs is 1. The lowest BCUT2D eigenvalue weighted by Gasteiger charge is -2.36. The van der Waals surface area contributed by atoms with Crippen LogP contribution < -0.4 is 0 Å². The molecule has 1 aromatic carbocycles. The lowest BCUT2D eigenvalue weighted by Crippen LogP contribution is -2.39. The number of nitrogens with one attached hydrogen (secondary N) is 1. The molecular weight excluding hydrogens is 324 g/mol. The normalized spacial score (nSPS) is 19.8. The fraction of sp³-hybridized carbons (Fsp3) is 0.524.